The van der Waals surface area contributed by atoms with Crippen LogP contribution < -0.4 is 0 Å². The van der Waals surface area contributed by atoms with Crippen molar-refractivity contribution >= 4 is 0 Å². The second kappa shape index (κ2) is 12.8. The fourth-order valence-electron chi connectivity index (χ4n) is 1.89. The first-order valence-corrected chi connectivity index (χ1v) is 7.05. The predicted molar refractivity (Wildman–Crippen MR) is 74.4 cm³/mol. The lowest BCUT2D eigenvalue weighted by molar-refractivity contribution is 0.327. The van der Waals surface area contributed by atoms with Crippen LogP contribution in [0.4, 0.5) is 0 Å². The Bertz CT molecular complexity index is 130. The van der Waals surface area contributed by atoms with Crippen molar-refractivity contribution in [2.24, 2.45) is 0 Å². The molecule has 0 spiro atoms. The third-order valence-electron chi connectivity index (χ3n) is 2.91. The van der Waals surface area contributed by atoms with E-state index < -0.39 is 0 Å². The van der Waals surface area contributed by atoms with Crippen molar-refractivity contribution in [3.05, 3.63) is 19.2 Å². The van der Waals surface area contributed by atoms with Crippen LogP contribution in [0.25, 0.3) is 0 Å². The molecule has 0 heterocycles. The summed E-state index contributed by atoms with van der Waals surface area (Å²) in [5, 5.41) is 0. The minimum absolute atomic E-state index is 1.21. The van der Waals surface area contributed by atoms with Gasteiger partial charge in [-0.15, -0.1) is 6.58 Å². The highest BCUT2D eigenvalue weighted by Crippen LogP contribution is 2.06. The van der Waals surface area contributed by atoms with Crippen LogP contribution in [0.15, 0.2) is 12.7 Å². The summed E-state index contributed by atoms with van der Waals surface area (Å²) in [6.45, 7) is 12.9. The monoisotopic (exact) mass is 224 g/mol. The average molecular weight is 224 g/mol. The molecule has 0 aromatic rings. The average Bonchev–Trinajstić information content (AvgIpc) is 2.30. The highest BCUT2D eigenvalue weighted by atomic mass is 15.1. The predicted octanol–water partition coefficient (Wildman–Crippen LogP) is 4.80. The summed E-state index contributed by atoms with van der Waals surface area (Å²) in [6, 6.07) is 0. The maximum absolute atomic E-state index is 3.79. The van der Waals surface area contributed by atoms with E-state index >= 15 is 0 Å². The second-order valence-electron chi connectivity index (χ2n) is 4.54. The van der Waals surface area contributed by atoms with Crippen molar-refractivity contribution in [3.8, 4) is 0 Å². The Morgan fingerprint density at radius 1 is 0.812 bits per heavy atom. The molecule has 1 heteroatoms. The van der Waals surface area contributed by atoms with Crippen LogP contribution in [0.3, 0.4) is 0 Å². The Morgan fingerprint density at radius 3 is 1.69 bits per heavy atom. The van der Waals surface area contributed by atoms with Gasteiger partial charge in [-0.1, -0.05) is 58.4 Å². The van der Waals surface area contributed by atoms with E-state index in [4.69, 9.17) is 0 Å². The van der Waals surface area contributed by atoms with E-state index in [0.717, 1.165) is 0 Å². The second-order valence-corrected chi connectivity index (χ2v) is 4.54. The van der Waals surface area contributed by atoms with Crippen LogP contribution in [0.5, 0.6) is 0 Å². The molecular weight excluding hydrogens is 194 g/mol. The van der Waals surface area contributed by atoms with Crippen LogP contribution in [0.1, 0.15) is 65.2 Å². The SMILES string of the molecule is C=C[CH]N(CCCCCC)CCCCCC. The van der Waals surface area contributed by atoms with Crippen molar-refractivity contribution in [2.45, 2.75) is 65.2 Å². The van der Waals surface area contributed by atoms with Crippen LogP contribution in [-0.4, -0.2) is 18.0 Å². The Morgan fingerprint density at radius 2 is 1.31 bits per heavy atom. The molecule has 0 aromatic carbocycles. The third-order valence-corrected chi connectivity index (χ3v) is 2.91. The van der Waals surface area contributed by atoms with Gasteiger partial charge in [0, 0.05) is 6.54 Å². The van der Waals surface area contributed by atoms with Gasteiger partial charge in [0.15, 0.2) is 0 Å². The van der Waals surface area contributed by atoms with Crippen LogP contribution in [0, 0.1) is 6.54 Å². The van der Waals surface area contributed by atoms with Crippen LogP contribution in [-0.2, 0) is 0 Å². The van der Waals surface area contributed by atoms with E-state index in [1.165, 1.54) is 64.5 Å². The number of rotatable bonds is 12. The molecule has 95 valence electrons. The maximum Gasteiger partial charge on any atom is 0.0467 e. The molecule has 0 fully saturated rings. The Balaban J connectivity index is 3.49. The zero-order valence-corrected chi connectivity index (χ0v) is 11.4. The lowest BCUT2D eigenvalue weighted by Crippen LogP contribution is -2.22. The lowest BCUT2D eigenvalue weighted by atomic mass is 10.1. The summed E-state index contributed by atoms with van der Waals surface area (Å²) in [5.41, 5.74) is 0. The van der Waals surface area contributed by atoms with Gasteiger partial charge in [0.05, 0.1) is 0 Å². The van der Waals surface area contributed by atoms with Gasteiger partial charge in [-0.2, -0.15) is 0 Å². The van der Waals surface area contributed by atoms with E-state index in [9.17, 15) is 0 Å². The summed E-state index contributed by atoms with van der Waals surface area (Å²) in [7, 11) is 0. The quantitative estimate of drug-likeness (QED) is 0.431. The van der Waals surface area contributed by atoms with E-state index in [1.807, 2.05) is 6.08 Å². The molecule has 0 rings (SSSR count). The summed E-state index contributed by atoms with van der Waals surface area (Å²) < 4.78 is 0. The molecule has 0 aliphatic rings. The van der Waals surface area contributed by atoms with Crippen molar-refractivity contribution in [3.63, 3.8) is 0 Å². The zero-order valence-electron chi connectivity index (χ0n) is 11.4. The number of unbranched alkanes of at least 4 members (excludes halogenated alkanes) is 6. The first kappa shape index (κ1) is 15.7. The molecule has 0 saturated carbocycles. The largest absolute Gasteiger partial charge is 0.295 e. The minimum Gasteiger partial charge on any atom is -0.295 e. The fourth-order valence-corrected chi connectivity index (χ4v) is 1.89. The minimum atomic E-state index is 1.21. The van der Waals surface area contributed by atoms with Gasteiger partial charge in [-0.05, 0) is 25.9 Å². The van der Waals surface area contributed by atoms with E-state index in [1.54, 1.807) is 0 Å². The smallest absolute Gasteiger partial charge is 0.0467 e. The van der Waals surface area contributed by atoms with E-state index in [-0.39, 0.29) is 0 Å². The van der Waals surface area contributed by atoms with E-state index in [2.05, 4.69) is 31.9 Å². The summed E-state index contributed by atoms with van der Waals surface area (Å²) >= 11 is 0. The normalized spacial score (nSPS) is 10.9. The molecular formula is C15H30N. The molecule has 0 atom stereocenters. The Labute approximate surface area is 103 Å². The molecule has 0 unspecified atom stereocenters. The Kier molecular flexibility index (Phi) is 12.5. The molecule has 0 N–H and O–H groups in total. The summed E-state index contributed by atoms with van der Waals surface area (Å²) in [6.07, 6.45) is 12.7. The molecule has 0 saturated heterocycles. The highest BCUT2D eigenvalue weighted by molar-refractivity contribution is 4.86. The molecule has 0 aliphatic heterocycles. The van der Waals surface area contributed by atoms with Gasteiger partial charge < -0.3 is 0 Å². The molecule has 1 radical (unpaired) electrons. The van der Waals surface area contributed by atoms with Crippen molar-refractivity contribution < 1.29 is 0 Å². The molecule has 0 aliphatic carbocycles. The van der Waals surface area contributed by atoms with Gasteiger partial charge in [0.2, 0.25) is 0 Å². The highest BCUT2D eigenvalue weighted by Gasteiger charge is 2.02. The van der Waals surface area contributed by atoms with Crippen molar-refractivity contribution in [1.82, 2.24) is 4.90 Å². The van der Waals surface area contributed by atoms with Crippen LogP contribution >= 0.6 is 0 Å². The number of hydrogen-bond acceptors (Lipinski definition) is 1. The standard InChI is InChI=1S/C15H30N/c1-4-7-9-11-14-16(13-6-3)15-12-10-8-5-2/h6,13H,3-5,7-12,14-15H2,1-2H3. The first-order valence-electron chi connectivity index (χ1n) is 7.05. The van der Waals surface area contributed by atoms with Gasteiger partial charge in [0.1, 0.15) is 0 Å². The van der Waals surface area contributed by atoms with Crippen molar-refractivity contribution in [1.29, 1.82) is 0 Å². The molecule has 0 bridgehead atoms. The number of nitrogens with zero attached hydrogens (tertiary/aromatic N) is 1. The molecule has 1 nitrogen and oxygen atoms in total. The molecule has 0 aromatic heterocycles. The molecule has 16 heavy (non-hydrogen) atoms. The van der Waals surface area contributed by atoms with Gasteiger partial charge in [0.25, 0.3) is 0 Å². The first-order chi connectivity index (χ1) is 7.85. The summed E-state index contributed by atoms with van der Waals surface area (Å²) in [5.74, 6) is 0. The topological polar surface area (TPSA) is 3.24 Å². The number of hydrogen-bond donors (Lipinski definition) is 0. The lowest BCUT2D eigenvalue weighted by Gasteiger charge is -2.19. The molecule has 0 amide bonds. The third kappa shape index (κ3) is 10.2. The van der Waals surface area contributed by atoms with E-state index in [0.29, 0.717) is 0 Å². The Hall–Kier alpha value is -0.300. The van der Waals surface area contributed by atoms with Gasteiger partial charge in [-0.3, -0.25) is 4.90 Å². The van der Waals surface area contributed by atoms with Crippen LogP contribution in [0.2, 0.25) is 0 Å². The van der Waals surface area contributed by atoms with Gasteiger partial charge in [-0.25, -0.2) is 0 Å². The summed E-state index contributed by atoms with van der Waals surface area (Å²) in [4.78, 5) is 2.43. The fraction of sp³-hybridized carbons (Fsp3) is 0.800. The zero-order chi connectivity index (χ0) is 12.1. The maximum atomic E-state index is 3.79. The van der Waals surface area contributed by atoms with Gasteiger partial charge >= 0.3 is 0 Å². The van der Waals surface area contributed by atoms with Crippen molar-refractivity contribution in [2.75, 3.05) is 13.1 Å².